The van der Waals surface area contributed by atoms with Crippen molar-refractivity contribution in [3.63, 3.8) is 0 Å². The highest BCUT2D eigenvalue weighted by molar-refractivity contribution is 5.94. The van der Waals surface area contributed by atoms with Crippen LogP contribution in [0.3, 0.4) is 0 Å². The van der Waals surface area contributed by atoms with Crippen LogP contribution in [-0.2, 0) is 11.3 Å². The lowest BCUT2D eigenvalue weighted by atomic mass is 10.1. The maximum Gasteiger partial charge on any atom is 0.269 e. The SMILES string of the molecule is O=C(c1ccc([N+](=O)[O-])cc1)N1CCC(OCc2ccc(F)cc2)CC1. The van der Waals surface area contributed by atoms with Crippen molar-refractivity contribution in [2.45, 2.75) is 25.6 Å². The molecular formula is C19H19FN2O4. The van der Waals surface area contributed by atoms with Gasteiger partial charge in [-0.2, -0.15) is 0 Å². The third-order valence-electron chi connectivity index (χ3n) is 4.45. The topological polar surface area (TPSA) is 72.7 Å². The smallest absolute Gasteiger partial charge is 0.269 e. The fraction of sp³-hybridized carbons (Fsp3) is 0.316. The number of carbonyl (C=O) groups is 1. The van der Waals surface area contributed by atoms with Crippen LogP contribution in [-0.4, -0.2) is 34.9 Å². The summed E-state index contributed by atoms with van der Waals surface area (Å²) < 4.78 is 18.7. The number of carbonyl (C=O) groups excluding carboxylic acids is 1. The summed E-state index contributed by atoms with van der Waals surface area (Å²) in [4.78, 5) is 24.4. The monoisotopic (exact) mass is 358 g/mol. The summed E-state index contributed by atoms with van der Waals surface area (Å²) in [5, 5.41) is 10.7. The van der Waals surface area contributed by atoms with E-state index in [1.54, 1.807) is 17.0 Å². The Hall–Kier alpha value is -2.80. The van der Waals surface area contributed by atoms with Crippen molar-refractivity contribution < 1.29 is 18.8 Å². The lowest BCUT2D eigenvalue weighted by Gasteiger charge is -2.32. The Morgan fingerprint density at radius 3 is 2.31 bits per heavy atom. The van der Waals surface area contributed by atoms with E-state index in [0.717, 1.165) is 18.4 Å². The zero-order chi connectivity index (χ0) is 18.5. The lowest BCUT2D eigenvalue weighted by molar-refractivity contribution is -0.384. The van der Waals surface area contributed by atoms with Crippen LogP contribution in [0.4, 0.5) is 10.1 Å². The maximum atomic E-state index is 12.9. The second-order valence-electron chi connectivity index (χ2n) is 6.23. The number of nitro groups is 1. The van der Waals surface area contributed by atoms with Gasteiger partial charge in [0.25, 0.3) is 11.6 Å². The molecule has 0 radical (unpaired) electrons. The van der Waals surface area contributed by atoms with Gasteiger partial charge in [-0.1, -0.05) is 12.1 Å². The number of rotatable bonds is 5. The first-order valence-electron chi connectivity index (χ1n) is 8.43. The summed E-state index contributed by atoms with van der Waals surface area (Å²) in [6, 6.07) is 11.9. The van der Waals surface area contributed by atoms with Gasteiger partial charge < -0.3 is 9.64 Å². The largest absolute Gasteiger partial charge is 0.373 e. The predicted molar refractivity (Wildman–Crippen MR) is 93.2 cm³/mol. The van der Waals surface area contributed by atoms with E-state index in [-0.39, 0.29) is 23.5 Å². The molecule has 0 aromatic heterocycles. The number of amides is 1. The fourth-order valence-corrected chi connectivity index (χ4v) is 2.93. The number of hydrogen-bond acceptors (Lipinski definition) is 4. The van der Waals surface area contributed by atoms with Crippen molar-refractivity contribution in [1.29, 1.82) is 0 Å². The van der Waals surface area contributed by atoms with Gasteiger partial charge in [0.15, 0.2) is 0 Å². The molecule has 0 N–H and O–H groups in total. The summed E-state index contributed by atoms with van der Waals surface area (Å²) in [7, 11) is 0. The molecule has 1 amide bonds. The minimum absolute atomic E-state index is 0.0329. The molecule has 1 saturated heterocycles. The number of likely N-dealkylation sites (tertiary alicyclic amines) is 1. The van der Waals surface area contributed by atoms with Gasteiger partial charge in [-0.25, -0.2) is 4.39 Å². The minimum atomic E-state index is -0.488. The highest BCUT2D eigenvalue weighted by atomic mass is 19.1. The number of benzene rings is 2. The van der Waals surface area contributed by atoms with Gasteiger partial charge in [0.1, 0.15) is 5.82 Å². The zero-order valence-corrected chi connectivity index (χ0v) is 14.1. The molecule has 0 saturated carbocycles. The number of nitro benzene ring substituents is 1. The zero-order valence-electron chi connectivity index (χ0n) is 14.1. The van der Waals surface area contributed by atoms with E-state index in [0.29, 0.717) is 25.3 Å². The van der Waals surface area contributed by atoms with E-state index >= 15 is 0 Å². The Kier molecular flexibility index (Phi) is 5.58. The molecule has 2 aromatic rings. The summed E-state index contributed by atoms with van der Waals surface area (Å²) >= 11 is 0. The van der Waals surface area contributed by atoms with Crippen LogP contribution in [0.5, 0.6) is 0 Å². The summed E-state index contributed by atoms with van der Waals surface area (Å²) in [5.74, 6) is -0.399. The molecule has 3 rings (SSSR count). The Morgan fingerprint density at radius 2 is 1.73 bits per heavy atom. The predicted octanol–water partition coefficient (Wildman–Crippen LogP) is 3.56. The molecule has 2 aromatic carbocycles. The first-order chi connectivity index (χ1) is 12.5. The van der Waals surface area contributed by atoms with Crippen LogP contribution in [0.25, 0.3) is 0 Å². The molecule has 7 heteroatoms. The third-order valence-corrected chi connectivity index (χ3v) is 4.45. The van der Waals surface area contributed by atoms with E-state index in [4.69, 9.17) is 4.74 Å². The van der Waals surface area contributed by atoms with Crippen LogP contribution in [0.15, 0.2) is 48.5 Å². The van der Waals surface area contributed by atoms with E-state index < -0.39 is 4.92 Å². The average molecular weight is 358 g/mol. The molecule has 1 heterocycles. The van der Waals surface area contributed by atoms with Gasteiger partial charge in [-0.3, -0.25) is 14.9 Å². The average Bonchev–Trinajstić information content (AvgIpc) is 2.67. The quantitative estimate of drug-likeness (QED) is 0.605. The molecule has 0 unspecified atom stereocenters. The van der Waals surface area contributed by atoms with E-state index in [9.17, 15) is 19.3 Å². The number of hydrogen-bond donors (Lipinski definition) is 0. The molecule has 1 aliphatic heterocycles. The molecule has 0 bridgehead atoms. The molecule has 26 heavy (non-hydrogen) atoms. The van der Waals surface area contributed by atoms with Gasteiger partial charge in [-0.05, 0) is 42.7 Å². The molecule has 0 aliphatic carbocycles. The first kappa shape index (κ1) is 18.0. The molecule has 1 fully saturated rings. The molecule has 6 nitrogen and oxygen atoms in total. The lowest BCUT2D eigenvalue weighted by Crippen LogP contribution is -2.40. The number of non-ortho nitro benzene ring substituents is 1. The van der Waals surface area contributed by atoms with Gasteiger partial charge in [0.05, 0.1) is 17.6 Å². The van der Waals surface area contributed by atoms with Crippen LogP contribution >= 0.6 is 0 Å². The van der Waals surface area contributed by atoms with Crippen molar-refractivity contribution in [2.24, 2.45) is 0 Å². The number of nitrogens with zero attached hydrogens (tertiary/aromatic N) is 2. The first-order valence-corrected chi connectivity index (χ1v) is 8.43. The molecular weight excluding hydrogens is 339 g/mol. The van der Waals surface area contributed by atoms with Crippen LogP contribution in [0, 0.1) is 15.9 Å². The third kappa shape index (κ3) is 4.43. The summed E-state index contributed by atoms with van der Waals surface area (Å²) in [6.45, 7) is 1.56. The molecule has 0 spiro atoms. The minimum Gasteiger partial charge on any atom is -0.373 e. The van der Waals surface area contributed by atoms with Crippen LogP contribution < -0.4 is 0 Å². The van der Waals surface area contributed by atoms with Crippen molar-refractivity contribution in [3.05, 3.63) is 75.6 Å². The molecule has 0 atom stereocenters. The van der Waals surface area contributed by atoms with Crippen LogP contribution in [0.2, 0.25) is 0 Å². The molecule has 136 valence electrons. The number of ether oxygens (including phenoxy) is 1. The van der Waals surface area contributed by atoms with E-state index in [1.165, 1.54) is 36.4 Å². The standard InChI is InChI=1S/C19H19FN2O4/c20-16-5-1-14(2-6-16)13-26-18-9-11-21(12-10-18)19(23)15-3-7-17(8-4-15)22(24)25/h1-8,18H,9-13H2. The van der Waals surface area contributed by atoms with Crippen molar-refractivity contribution >= 4 is 11.6 Å². The maximum absolute atomic E-state index is 12.9. The Bertz CT molecular complexity index is 769. The summed E-state index contributed by atoms with van der Waals surface area (Å²) in [5.41, 5.74) is 1.33. The number of piperidine rings is 1. The highest BCUT2D eigenvalue weighted by Crippen LogP contribution is 2.19. The van der Waals surface area contributed by atoms with Crippen LogP contribution in [0.1, 0.15) is 28.8 Å². The second kappa shape index (κ2) is 8.05. The van der Waals surface area contributed by atoms with Crippen molar-refractivity contribution in [2.75, 3.05) is 13.1 Å². The Balaban J connectivity index is 1.49. The van der Waals surface area contributed by atoms with Crippen molar-refractivity contribution in [1.82, 2.24) is 4.90 Å². The number of halogens is 1. The Morgan fingerprint density at radius 1 is 1.12 bits per heavy atom. The van der Waals surface area contributed by atoms with Gasteiger partial charge in [0.2, 0.25) is 0 Å². The van der Waals surface area contributed by atoms with Gasteiger partial charge in [-0.15, -0.1) is 0 Å². The fourth-order valence-electron chi connectivity index (χ4n) is 2.93. The summed E-state index contributed by atoms with van der Waals surface area (Å²) in [6.07, 6.45) is 1.50. The normalized spacial score (nSPS) is 15.0. The second-order valence-corrected chi connectivity index (χ2v) is 6.23. The van der Waals surface area contributed by atoms with Gasteiger partial charge >= 0.3 is 0 Å². The van der Waals surface area contributed by atoms with E-state index in [2.05, 4.69) is 0 Å². The van der Waals surface area contributed by atoms with E-state index in [1.807, 2.05) is 0 Å². The van der Waals surface area contributed by atoms with Crippen molar-refractivity contribution in [3.8, 4) is 0 Å². The highest BCUT2D eigenvalue weighted by Gasteiger charge is 2.24. The Labute approximate surface area is 150 Å². The van der Waals surface area contributed by atoms with Gasteiger partial charge in [0, 0.05) is 30.8 Å². The molecule has 1 aliphatic rings.